The fourth-order valence-corrected chi connectivity index (χ4v) is 4.29. The summed E-state index contributed by atoms with van der Waals surface area (Å²) in [4.78, 5) is 24.1. The van der Waals surface area contributed by atoms with Crippen LogP contribution >= 0.6 is 11.8 Å². The summed E-state index contributed by atoms with van der Waals surface area (Å²) in [7, 11) is 0. The summed E-state index contributed by atoms with van der Waals surface area (Å²) in [6.07, 6.45) is 4.47. The molecule has 0 radical (unpaired) electrons. The molecule has 156 valence electrons. The molecule has 7 nitrogen and oxygen atoms in total. The fourth-order valence-electron chi connectivity index (χ4n) is 3.51. The van der Waals surface area contributed by atoms with E-state index in [1.807, 2.05) is 41.8 Å². The van der Waals surface area contributed by atoms with Crippen LogP contribution in [0.3, 0.4) is 0 Å². The molecule has 1 aliphatic carbocycles. The van der Waals surface area contributed by atoms with Gasteiger partial charge in [0.05, 0.1) is 12.3 Å². The summed E-state index contributed by atoms with van der Waals surface area (Å²) >= 11 is 1.27. The van der Waals surface area contributed by atoms with Crippen LogP contribution in [-0.2, 0) is 20.9 Å². The Labute approximate surface area is 175 Å². The molecular formula is C21H28N4O3S. The third-order valence-corrected chi connectivity index (χ3v) is 6.17. The molecule has 1 N–H and O–H groups in total. The Morgan fingerprint density at radius 2 is 1.97 bits per heavy atom. The van der Waals surface area contributed by atoms with E-state index in [0.717, 1.165) is 30.7 Å². The van der Waals surface area contributed by atoms with Gasteiger partial charge < -0.3 is 14.6 Å². The minimum absolute atomic E-state index is 0.0834. The topological polar surface area (TPSA) is 86.1 Å². The van der Waals surface area contributed by atoms with Crippen LogP contribution in [-0.4, -0.2) is 45.0 Å². The van der Waals surface area contributed by atoms with E-state index < -0.39 is 5.97 Å². The Morgan fingerprint density at radius 1 is 1.21 bits per heavy atom. The quantitative estimate of drug-likeness (QED) is 0.526. The average molecular weight is 417 g/mol. The van der Waals surface area contributed by atoms with Gasteiger partial charge in [0.1, 0.15) is 5.82 Å². The molecule has 1 amide bonds. The highest BCUT2D eigenvalue weighted by Crippen LogP contribution is 2.23. The standard InChI is InChI=1S/C21H28N4O3S/c1-15-8-6-7-11-18(15)22-19(26)13-28-20(27)14-29-21-24-23-16(2)25(21)12-17-9-4-3-5-10-17/h3-5,9-10,15,18H,6-8,11-14H2,1-2H3,(H,22,26)/t15-,18-/m0/s1. The lowest BCUT2D eigenvalue weighted by Gasteiger charge is -2.29. The van der Waals surface area contributed by atoms with E-state index in [4.69, 9.17) is 4.74 Å². The smallest absolute Gasteiger partial charge is 0.316 e. The number of hydrogen-bond acceptors (Lipinski definition) is 6. The van der Waals surface area contributed by atoms with Crippen LogP contribution < -0.4 is 5.32 Å². The lowest BCUT2D eigenvalue weighted by atomic mass is 9.86. The lowest BCUT2D eigenvalue weighted by Crippen LogP contribution is -2.43. The summed E-state index contributed by atoms with van der Waals surface area (Å²) in [6, 6.07) is 10.2. The number of esters is 1. The summed E-state index contributed by atoms with van der Waals surface area (Å²) in [5.41, 5.74) is 1.13. The molecule has 1 heterocycles. The number of thioether (sulfide) groups is 1. The number of hydrogen-bond donors (Lipinski definition) is 1. The van der Waals surface area contributed by atoms with Crippen molar-refractivity contribution in [2.75, 3.05) is 12.4 Å². The summed E-state index contributed by atoms with van der Waals surface area (Å²) in [6.45, 7) is 4.44. The molecule has 0 unspecified atom stereocenters. The lowest BCUT2D eigenvalue weighted by molar-refractivity contribution is -0.146. The van der Waals surface area contributed by atoms with Gasteiger partial charge in [0.15, 0.2) is 11.8 Å². The van der Waals surface area contributed by atoms with Crippen molar-refractivity contribution in [3.05, 3.63) is 41.7 Å². The molecule has 0 spiro atoms. The first kappa shape index (κ1) is 21.4. The van der Waals surface area contributed by atoms with Crippen molar-refractivity contribution < 1.29 is 14.3 Å². The zero-order chi connectivity index (χ0) is 20.6. The average Bonchev–Trinajstić information content (AvgIpc) is 3.07. The third kappa shape index (κ3) is 6.32. The molecule has 0 saturated heterocycles. The molecule has 1 fully saturated rings. The monoisotopic (exact) mass is 416 g/mol. The molecule has 1 aliphatic rings. The highest BCUT2D eigenvalue weighted by molar-refractivity contribution is 7.99. The molecule has 1 saturated carbocycles. The number of benzene rings is 1. The van der Waals surface area contributed by atoms with E-state index in [1.54, 1.807) is 0 Å². The van der Waals surface area contributed by atoms with Gasteiger partial charge in [-0.1, -0.05) is 61.9 Å². The van der Waals surface area contributed by atoms with Gasteiger partial charge in [-0.15, -0.1) is 10.2 Å². The molecule has 2 atom stereocenters. The third-order valence-electron chi connectivity index (χ3n) is 5.23. The summed E-state index contributed by atoms with van der Waals surface area (Å²) < 4.78 is 7.10. The molecular weight excluding hydrogens is 388 g/mol. The number of aromatic nitrogens is 3. The molecule has 8 heteroatoms. The van der Waals surface area contributed by atoms with E-state index in [-0.39, 0.29) is 24.3 Å². The SMILES string of the molecule is Cc1nnc(SCC(=O)OCC(=O)N[C@H]2CCCC[C@@H]2C)n1Cc1ccccc1. The van der Waals surface area contributed by atoms with E-state index in [9.17, 15) is 9.59 Å². The van der Waals surface area contributed by atoms with Crippen LogP contribution in [0.4, 0.5) is 0 Å². The molecule has 1 aromatic heterocycles. The van der Waals surface area contributed by atoms with Crippen LogP contribution in [0.25, 0.3) is 0 Å². The Hall–Kier alpha value is -2.35. The predicted molar refractivity (Wildman–Crippen MR) is 112 cm³/mol. The molecule has 2 aromatic rings. The van der Waals surface area contributed by atoms with Crippen LogP contribution in [0.2, 0.25) is 0 Å². The predicted octanol–water partition coefficient (Wildman–Crippen LogP) is 2.97. The number of carbonyl (C=O) groups is 2. The molecule has 3 rings (SSSR count). The summed E-state index contributed by atoms with van der Waals surface area (Å²) in [5, 5.41) is 11.9. The number of ether oxygens (including phenoxy) is 1. The number of nitrogens with zero attached hydrogens (tertiary/aromatic N) is 3. The maximum Gasteiger partial charge on any atom is 0.316 e. The normalized spacial score (nSPS) is 19.0. The van der Waals surface area contributed by atoms with Gasteiger partial charge in [0.2, 0.25) is 0 Å². The Morgan fingerprint density at radius 3 is 2.72 bits per heavy atom. The van der Waals surface area contributed by atoms with Crippen molar-refractivity contribution in [2.45, 2.75) is 57.3 Å². The minimum atomic E-state index is -0.436. The molecule has 1 aromatic carbocycles. The van der Waals surface area contributed by atoms with Crippen LogP contribution in [0.1, 0.15) is 44.0 Å². The van der Waals surface area contributed by atoms with Crippen molar-refractivity contribution in [3.8, 4) is 0 Å². The largest absolute Gasteiger partial charge is 0.455 e. The number of carbonyl (C=O) groups excluding carboxylic acids is 2. The first-order chi connectivity index (χ1) is 14.0. The fraction of sp³-hybridized carbons (Fsp3) is 0.524. The highest BCUT2D eigenvalue weighted by Gasteiger charge is 2.23. The van der Waals surface area contributed by atoms with Crippen LogP contribution in [0.15, 0.2) is 35.5 Å². The Balaban J connectivity index is 1.44. The molecule has 0 aliphatic heterocycles. The van der Waals surface area contributed by atoms with Gasteiger partial charge in [-0.05, 0) is 31.2 Å². The van der Waals surface area contributed by atoms with Gasteiger partial charge in [0, 0.05) is 6.04 Å². The van der Waals surface area contributed by atoms with E-state index >= 15 is 0 Å². The first-order valence-corrected chi connectivity index (χ1v) is 11.0. The van der Waals surface area contributed by atoms with Crippen molar-refractivity contribution in [1.29, 1.82) is 0 Å². The van der Waals surface area contributed by atoms with Gasteiger partial charge in [-0.25, -0.2) is 0 Å². The van der Waals surface area contributed by atoms with E-state index in [0.29, 0.717) is 17.6 Å². The summed E-state index contributed by atoms with van der Waals surface area (Å²) in [5.74, 6) is 0.669. The number of nitrogens with one attached hydrogen (secondary N) is 1. The van der Waals surface area contributed by atoms with Crippen molar-refractivity contribution in [3.63, 3.8) is 0 Å². The van der Waals surface area contributed by atoms with Crippen molar-refractivity contribution >= 4 is 23.6 Å². The van der Waals surface area contributed by atoms with Crippen LogP contribution in [0, 0.1) is 12.8 Å². The zero-order valence-corrected chi connectivity index (χ0v) is 17.8. The Kier molecular flexibility index (Phi) is 7.69. The van der Waals surface area contributed by atoms with E-state index in [2.05, 4.69) is 22.4 Å². The number of rotatable bonds is 8. The second-order valence-electron chi connectivity index (χ2n) is 7.49. The van der Waals surface area contributed by atoms with E-state index in [1.165, 1.54) is 18.2 Å². The first-order valence-electron chi connectivity index (χ1n) is 10.0. The van der Waals surface area contributed by atoms with Gasteiger partial charge in [0.25, 0.3) is 5.91 Å². The Bertz CT molecular complexity index is 825. The van der Waals surface area contributed by atoms with Gasteiger partial charge >= 0.3 is 5.97 Å². The second kappa shape index (κ2) is 10.4. The maximum atomic E-state index is 12.1. The maximum absolute atomic E-state index is 12.1. The number of amides is 1. The minimum Gasteiger partial charge on any atom is -0.455 e. The second-order valence-corrected chi connectivity index (χ2v) is 8.43. The molecule has 0 bridgehead atoms. The number of aryl methyl sites for hydroxylation is 1. The molecule has 29 heavy (non-hydrogen) atoms. The zero-order valence-electron chi connectivity index (χ0n) is 17.0. The van der Waals surface area contributed by atoms with Gasteiger partial charge in [-0.3, -0.25) is 9.59 Å². The van der Waals surface area contributed by atoms with Gasteiger partial charge in [-0.2, -0.15) is 0 Å². The van der Waals surface area contributed by atoms with Crippen LogP contribution in [0.5, 0.6) is 0 Å². The highest BCUT2D eigenvalue weighted by atomic mass is 32.2. The van der Waals surface area contributed by atoms with Crippen molar-refractivity contribution in [1.82, 2.24) is 20.1 Å². The van der Waals surface area contributed by atoms with Crippen molar-refractivity contribution in [2.24, 2.45) is 5.92 Å².